The number of aliphatic hydroxyl groups excluding tert-OH is 1. The van der Waals surface area contributed by atoms with Crippen LogP contribution in [0.25, 0.3) is 0 Å². The van der Waals surface area contributed by atoms with Gasteiger partial charge in [0.05, 0.1) is 6.10 Å². The molecule has 0 radical (unpaired) electrons. The number of carbonyl (C=O) groups is 2. The molecule has 1 heterocycles. The summed E-state index contributed by atoms with van der Waals surface area (Å²) in [6.07, 6.45) is 5.02. The molecule has 1 N–H and O–H groups in total. The van der Waals surface area contributed by atoms with Gasteiger partial charge in [-0.3, -0.25) is 9.59 Å². The van der Waals surface area contributed by atoms with Crippen molar-refractivity contribution in [1.82, 2.24) is 4.90 Å². The van der Waals surface area contributed by atoms with Gasteiger partial charge in [-0.2, -0.15) is 0 Å². The van der Waals surface area contributed by atoms with Crippen molar-refractivity contribution < 1.29 is 14.7 Å². The number of β-amino-alcohol motifs (C(OH)–C–C–N with tert-alkyl or cyclic N) is 1. The van der Waals surface area contributed by atoms with Crippen molar-refractivity contribution in [1.29, 1.82) is 0 Å². The third-order valence-electron chi connectivity index (χ3n) is 6.96. The number of fused-ring (bicyclic) bond motifs is 1. The largest absolute Gasteiger partial charge is 0.392 e. The molecule has 0 aromatic carbocycles. The Morgan fingerprint density at radius 3 is 2.81 bits per heavy atom. The first-order chi connectivity index (χ1) is 9.98. The topological polar surface area (TPSA) is 57.6 Å². The molecule has 5 rings (SSSR count). The minimum Gasteiger partial charge on any atom is -0.392 e. The molecular formula is C17H25NO3. The van der Waals surface area contributed by atoms with Crippen LogP contribution in [0.3, 0.4) is 0 Å². The maximum Gasteiger partial charge on any atom is 0.140 e. The van der Waals surface area contributed by atoms with Crippen LogP contribution in [0.2, 0.25) is 0 Å². The smallest absolute Gasteiger partial charge is 0.140 e. The lowest BCUT2D eigenvalue weighted by atomic mass is 9.44. The maximum absolute atomic E-state index is 12.9. The molecule has 4 bridgehead atoms. The van der Waals surface area contributed by atoms with Gasteiger partial charge in [-0.05, 0) is 57.5 Å². The highest BCUT2D eigenvalue weighted by Gasteiger charge is 2.73. The molecule has 0 aromatic heterocycles. The minimum atomic E-state index is -0.527. The van der Waals surface area contributed by atoms with E-state index in [1.807, 2.05) is 7.05 Å². The number of rotatable bonds is 0. The van der Waals surface area contributed by atoms with Crippen molar-refractivity contribution in [2.45, 2.75) is 51.0 Å². The highest BCUT2D eigenvalue weighted by atomic mass is 16.3. The highest BCUT2D eigenvalue weighted by molar-refractivity contribution is 6.01. The van der Waals surface area contributed by atoms with Gasteiger partial charge < -0.3 is 10.0 Å². The van der Waals surface area contributed by atoms with Crippen LogP contribution in [0.1, 0.15) is 44.9 Å². The molecule has 0 aromatic rings. The molecule has 0 amide bonds. The number of likely N-dealkylation sites (N-methyl/N-ethyl adjacent to an activating group) is 1. The first-order valence-corrected chi connectivity index (χ1v) is 8.41. The summed E-state index contributed by atoms with van der Waals surface area (Å²) in [6.45, 7) is 1.53. The Labute approximate surface area is 125 Å². The van der Waals surface area contributed by atoms with Crippen molar-refractivity contribution in [2.75, 3.05) is 20.1 Å². The molecule has 5 atom stereocenters. The Hall–Kier alpha value is -0.740. The zero-order valence-corrected chi connectivity index (χ0v) is 12.8. The van der Waals surface area contributed by atoms with Crippen LogP contribution in [0.5, 0.6) is 0 Å². The Bertz CT molecular complexity index is 504. The van der Waals surface area contributed by atoms with Gasteiger partial charge in [0, 0.05) is 30.2 Å². The van der Waals surface area contributed by atoms with E-state index in [9.17, 15) is 14.7 Å². The lowest BCUT2D eigenvalue weighted by Crippen LogP contribution is -2.59. The second-order valence-corrected chi connectivity index (χ2v) is 8.03. The molecule has 4 saturated carbocycles. The Kier molecular flexibility index (Phi) is 2.90. The Morgan fingerprint density at radius 2 is 2.00 bits per heavy atom. The first-order valence-electron chi connectivity index (χ1n) is 8.41. The average Bonchev–Trinajstić information content (AvgIpc) is 2.55. The molecule has 21 heavy (non-hydrogen) atoms. The monoisotopic (exact) mass is 291 g/mol. The number of hydrogen-bond donors (Lipinski definition) is 1. The molecule has 1 saturated heterocycles. The van der Waals surface area contributed by atoms with E-state index in [2.05, 4.69) is 4.90 Å². The number of ketones is 2. The van der Waals surface area contributed by atoms with E-state index in [1.54, 1.807) is 0 Å². The fourth-order valence-electron chi connectivity index (χ4n) is 6.39. The summed E-state index contributed by atoms with van der Waals surface area (Å²) in [5, 5.41) is 10.5. The molecule has 5 fully saturated rings. The van der Waals surface area contributed by atoms with Gasteiger partial charge in [-0.15, -0.1) is 0 Å². The average molecular weight is 291 g/mol. The molecule has 5 aliphatic rings. The Morgan fingerprint density at radius 1 is 1.19 bits per heavy atom. The minimum absolute atomic E-state index is 0.264. The zero-order chi connectivity index (χ0) is 14.8. The molecule has 4 heteroatoms. The van der Waals surface area contributed by atoms with E-state index >= 15 is 0 Å². The molecule has 4 aliphatic carbocycles. The van der Waals surface area contributed by atoms with Crippen LogP contribution < -0.4 is 0 Å². The van der Waals surface area contributed by atoms with E-state index in [0.29, 0.717) is 37.5 Å². The predicted molar refractivity (Wildman–Crippen MR) is 77.7 cm³/mol. The SMILES string of the molecule is CN1CCC[C@]23C(=O)C[C@@H]4C[C@H]2CC(=O)[C@@]3(C[C@@H](O)C1)C4. The van der Waals surface area contributed by atoms with Crippen LogP contribution >= 0.6 is 0 Å². The van der Waals surface area contributed by atoms with Gasteiger partial charge in [0.2, 0.25) is 0 Å². The number of Topliss-reactive ketones (excluding diaryl/α,β-unsaturated/α-hetero) is 2. The lowest BCUT2D eigenvalue weighted by Gasteiger charge is -2.57. The van der Waals surface area contributed by atoms with E-state index in [-0.39, 0.29) is 11.7 Å². The van der Waals surface area contributed by atoms with Crippen LogP contribution in [0.15, 0.2) is 0 Å². The summed E-state index contributed by atoms with van der Waals surface area (Å²) in [5.41, 5.74) is -0.953. The summed E-state index contributed by atoms with van der Waals surface area (Å²) in [6, 6.07) is 0. The molecule has 0 unspecified atom stereocenters. The molecule has 1 spiro atoms. The van der Waals surface area contributed by atoms with Crippen LogP contribution in [-0.4, -0.2) is 47.8 Å². The van der Waals surface area contributed by atoms with Crippen molar-refractivity contribution in [3.05, 3.63) is 0 Å². The first kappa shape index (κ1) is 13.9. The summed E-state index contributed by atoms with van der Waals surface area (Å²) in [5.74, 6) is 1.28. The van der Waals surface area contributed by atoms with E-state index < -0.39 is 16.9 Å². The van der Waals surface area contributed by atoms with Gasteiger partial charge in [0.25, 0.3) is 0 Å². The molecule has 1 aliphatic heterocycles. The van der Waals surface area contributed by atoms with Crippen molar-refractivity contribution in [3.8, 4) is 0 Å². The van der Waals surface area contributed by atoms with Crippen molar-refractivity contribution >= 4 is 11.6 Å². The number of nitrogens with zero attached hydrogens (tertiary/aromatic N) is 1. The van der Waals surface area contributed by atoms with Gasteiger partial charge in [0.1, 0.15) is 11.6 Å². The standard InChI is InChI=1S/C17H25NO3/c1-18-4-2-3-17-12-5-11(6-15(17)21)8-16(17,14(20)7-12)9-13(19)10-18/h11-13,19H,2-10H2,1H3/t11-,12-,13+,16-,17+/m0/s1. The lowest BCUT2D eigenvalue weighted by molar-refractivity contribution is -0.167. The fourth-order valence-corrected chi connectivity index (χ4v) is 6.39. The van der Waals surface area contributed by atoms with E-state index in [0.717, 1.165) is 32.2 Å². The second kappa shape index (κ2) is 4.39. The maximum atomic E-state index is 12.9. The van der Waals surface area contributed by atoms with Gasteiger partial charge in [-0.25, -0.2) is 0 Å². The summed E-state index contributed by atoms with van der Waals surface area (Å²) in [7, 11) is 2.02. The van der Waals surface area contributed by atoms with Gasteiger partial charge >= 0.3 is 0 Å². The molecule has 4 nitrogen and oxygen atoms in total. The fraction of sp³-hybridized carbons (Fsp3) is 0.882. The normalized spacial score (nSPS) is 50.5. The van der Waals surface area contributed by atoms with Gasteiger partial charge in [-0.1, -0.05) is 0 Å². The van der Waals surface area contributed by atoms with Crippen LogP contribution in [0.4, 0.5) is 0 Å². The highest BCUT2D eigenvalue weighted by Crippen LogP contribution is 2.71. The second-order valence-electron chi connectivity index (χ2n) is 8.03. The number of aliphatic hydroxyl groups is 1. The van der Waals surface area contributed by atoms with Crippen molar-refractivity contribution in [2.24, 2.45) is 22.7 Å². The summed E-state index contributed by atoms with van der Waals surface area (Å²) in [4.78, 5) is 27.9. The predicted octanol–water partition coefficient (Wildman–Crippen LogP) is 1.41. The summed E-state index contributed by atoms with van der Waals surface area (Å²) >= 11 is 0. The van der Waals surface area contributed by atoms with E-state index in [4.69, 9.17) is 0 Å². The third-order valence-corrected chi connectivity index (χ3v) is 6.96. The molecule has 116 valence electrons. The van der Waals surface area contributed by atoms with Crippen LogP contribution in [0, 0.1) is 22.7 Å². The molecular weight excluding hydrogens is 266 g/mol. The van der Waals surface area contributed by atoms with Gasteiger partial charge in [0.15, 0.2) is 0 Å². The van der Waals surface area contributed by atoms with E-state index in [1.165, 1.54) is 0 Å². The summed E-state index contributed by atoms with van der Waals surface area (Å²) < 4.78 is 0. The van der Waals surface area contributed by atoms with Crippen LogP contribution in [-0.2, 0) is 9.59 Å². The number of carbonyl (C=O) groups excluding carboxylic acids is 2. The number of hydrogen-bond acceptors (Lipinski definition) is 4. The van der Waals surface area contributed by atoms with Crippen molar-refractivity contribution in [3.63, 3.8) is 0 Å². The third kappa shape index (κ3) is 1.63. The Balaban J connectivity index is 1.83. The zero-order valence-electron chi connectivity index (χ0n) is 12.8. The quantitative estimate of drug-likeness (QED) is 0.733.